The number of carbonyl (C=O) groups is 1. The Morgan fingerprint density at radius 2 is 1.88 bits per heavy atom. The summed E-state index contributed by atoms with van der Waals surface area (Å²) >= 11 is 0. The Bertz CT molecular complexity index is 283. The van der Waals surface area contributed by atoms with Crippen LogP contribution in [0.1, 0.15) is 33.1 Å². The third-order valence-corrected chi connectivity index (χ3v) is 3.83. The topological polar surface area (TPSA) is 55.6 Å². The minimum absolute atomic E-state index is 0. The monoisotopic (exact) mass is 262 g/mol. The van der Waals surface area contributed by atoms with Gasteiger partial charge in [0, 0.05) is 26.3 Å². The van der Waals surface area contributed by atoms with Crippen LogP contribution in [-0.4, -0.2) is 42.6 Å². The van der Waals surface area contributed by atoms with Crippen molar-refractivity contribution in [1.82, 2.24) is 4.90 Å². The van der Waals surface area contributed by atoms with E-state index < -0.39 is 5.54 Å². The Morgan fingerprint density at radius 3 is 2.41 bits per heavy atom. The zero-order chi connectivity index (χ0) is 11.8. The summed E-state index contributed by atoms with van der Waals surface area (Å²) in [5, 5.41) is 0. The van der Waals surface area contributed by atoms with Crippen molar-refractivity contribution < 1.29 is 9.53 Å². The summed E-state index contributed by atoms with van der Waals surface area (Å²) in [6, 6.07) is 0. The van der Waals surface area contributed by atoms with E-state index in [-0.39, 0.29) is 18.3 Å². The van der Waals surface area contributed by atoms with Crippen molar-refractivity contribution in [2.45, 2.75) is 38.6 Å². The smallest absolute Gasteiger partial charge is 0.242 e. The molecule has 1 amide bonds. The van der Waals surface area contributed by atoms with Crippen LogP contribution in [-0.2, 0) is 9.53 Å². The predicted molar refractivity (Wildman–Crippen MR) is 69.2 cm³/mol. The molecule has 0 radical (unpaired) electrons. The number of carbonyl (C=O) groups excluding carboxylic acids is 1. The molecule has 2 fully saturated rings. The summed E-state index contributed by atoms with van der Waals surface area (Å²) in [5.41, 5.74) is 5.44. The SMILES string of the molecule is CC(C)(N)C(=O)N1CCC2(CCOCC2)C1.Cl. The van der Waals surface area contributed by atoms with Crippen LogP contribution in [0.25, 0.3) is 0 Å². The van der Waals surface area contributed by atoms with E-state index in [4.69, 9.17) is 10.5 Å². The molecule has 100 valence electrons. The van der Waals surface area contributed by atoms with Crippen LogP contribution in [0.4, 0.5) is 0 Å². The van der Waals surface area contributed by atoms with Crippen molar-refractivity contribution >= 4 is 18.3 Å². The number of hydrogen-bond donors (Lipinski definition) is 1. The van der Waals surface area contributed by atoms with Gasteiger partial charge in [0.05, 0.1) is 5.54 Å². The van der Waals surface area contributed by atoms with Crippen molar-refractivity contribution in [3.05, 3.63) is 0 Å². The first-order chi connectivity index (χ1) is 7.43. The molecule has 0 aromatic heterocycles. The van der Waals surface area contributed by atoms with Gasteiger partial charge in [-0.15, -0.1) is 12.4 Å². The number of likely N-dealkylation sites (tertiary alicyclic amines) is 1. The highest BCUT2D eigenvalue weighted by Gasteiger charge is 2.42. The van der Waals surface area contributed by atoms with E-state index in [1.165, 1.54) is 0 Å². The second-order valence-electron chi connectivity index (χ2n) is 5.81. The fourth-order valence-corrected chi connectivity index (χ4v) is 2.73. The molecule has 2 heterocycles. The van der Waals surface area contributed by atoms with E-state index in [2.05, 4.69) is 0 Å². The summed E-state index contributed by atoms with van der Waals surface area (Å²) in [4.78, 5) is 14.0. The van der Waals surface area contributed by atoms with Crippen LogP contribution in [0.15, 0.2) is 0 Å². The maximum absolute atomic E-state index is 12.1. The minimum Gasteiger partial charge on any atom is -0.381 e. The third kappa shape index (κ3) is 3.12. The molecule has 0 atom stereocenters. The Labute approximate surface area is 109 Å². The Morgan fingerprint density at radius 1 is 1.29 bits per heavy atom. The van der Waals surface area contributed by atoms with E-state index in [1.54, 1.807) is 13.8 Å². The zero-order valence-electron chi connectivity index (χ0n) is 10.7. The van der Waals surface area contributed by atoms with Gasteiger partial charge in [0.15, 0.2) is 0 Å². The highest BCUT2D eigenvalue weighted by Crippen LogP contribution is 2.40. The van der Waals surface area contributed by atoms with Gasteiger partial charge in [-0.25, -0.2) is 0 Å². The number of nitrogens with zero attached hydrogens (tertiary/aromatic N) is 1. The van der Waals surface area contributed by atoms with E-state index in [1.807, 2.05) is 4.90 Å². The van der Waals surface area contributed by atoms with Crippen LogP contribution in [0, 0.1) is 5.41 Å². The largest absolute Gasteiger partial charge is 0.381 e. The highest BCUT2D eigenvalue weighted by molar-refractivity contribution is 5.85. The van der Waals surface area contributed by atoms with E-state index >= 15 is 0 Å². The zero-order valence-corrected chi connectivity index (χ0v) is 11.5. The molecule has 0 unspecified atom stereocenters. The van der Waals surface area contributed by atoms with Crippen LogP contribution in [0.2, 0.25) is 0 Å². The average Bonchev–Trinajstić information content (AvgIpc) is 2.61. The number of ether oxygens (including phenoxy) is 1. The lowest BCUT2D eigenvalue weighted by molar-refractivity contribution is -0.135. The lowest BCUT2D eigenvalue weighted by Gasteiger charge is -2.34. The molecule has 2 aliphatic heterocycles. The first kappa shape index (κ1) is 14.7. The van der Waals surface area contributed by atoms with E-state index in [0.717, 1.165) is 45.6 Å². The van der Waals surface area contributed by atoms with Crippen molar-refractivity contribution in [3.8, 4) is 0 Å². The van der Waals surface area contributed by atoms with Crippen LogP contribution in [0.3, 0.4) is 0 Å². The molecule has 17 heavy (non-hydrogen) atoms. The molecular formula is C12H23ClN2O2. The highest BCUT2D eigenvalue weighted by atomic mass is 35.5. The lowest BCUT2D eigenvalue weighted by atomic mass is 9.80. The maximum atomic E-state index is 12.1. The number of rotatable bonds is 1. The van der Waals surface area contributed by atoms with Gasteiger partial charge in [-0.2, -0.15) is 0 Å². The van der Waals surface area contributed by atoms with Crippen LogP contribution < -0.4 is 5.73 Å². The fraction of sp³-hybridized carbons (Fsp3) is 0.917. The summed E-state index contributed by atoms with van der Waals surface area (Å²) in [6.45, 7) is 6.98. The summed E-state index contributed by atoms with van der Waals surface area (Å²) < 4.78 is 5.39. The molecule has 0 aliphatic carbocycles. The summed E-state index contributed by atoms with van der Waals surface area (Å²) in [5.74, 6) is 0.0795. The van der Waals surface area contributed by atoms with Crippen molar-refractivity contribution in [1.29, 1.82) is 0 Å². The van der Waals surface area contributed by atoms with Gasteiger partial charge in [0.1, 0.15) is 0 Å². The molecule has 2 N–H and O–H groups in total. The quantitative estimate of drug-likeness (QED) is 0.772. The predicted octanol–water partition coefficient (Wildman–Crippen LogP) is 1.17. The average molecular weight is 263 g/mol. The molecular weight excluding hydrogens is 240 g/mol. The minimum atomic E-state index is -0.739. The standard InChI is InChI=1S/C12H22N2O2.ClH/c1-11(2,13)10(15)14-6-3-12(9-14)4-7-16-8-5-12;/h3-9,13H2,1-2H3;1H. The number of amides is 1. The molecule has 2 aliphatic rings. The maximum Gasteiger partial charge on any atom is 0.242 e. The normalized spacial score (nSPS) is 23.6. The third-order valence-electron chi connectivity index (χ3n) is 3.83. The second kappa shape index (κ2) is 5.12. The van der Waals surface area contributed by atoms with Crippen molar-refractivity contribution in [3.63, 3.8) is 0 Å². The van der Waals surface area contributed by atoms with Gasteiger partial charge in [0.25, 0.3) is 0 Å². The second-order valence-corrected chi connectivity index (χ2v) is 5.81. The molecule has 0 saturated carbocycles. The molecule has 2 saturated heterocycles. The van der Waals surface area contributed by atoms with Crippen LogP contribution in [0.5, 0.6) is 0 Å². The van der Waals surface area contributed by atoms with E-state index in [9.17, 15) is 4.79 Å². The van der Waals surface area contributed by atoms with E-state index in [0.29, 0.717) is 5.41 Å². The number of hydrogen-bond acceptors (Lipinski definition) is 3. The van der Waals surface area contributed by atoms with Crippen LogP contribution >= 0.6 is 12.4 Å². The first-order valence-corrected chi connectivity index (χ1v) is 6.09. The fourth-order valence-electron chi connectivity index (χ4n) is 2.73. The molecule has 0 aromatic carbocycles. The number of nitrogens with two attached hydrogens (primary N) is 1. The lowest BCUT2D eigenvalue weighted by Crippen LogP contribution is -2.51. The Kier molecular flexibility index (Phi) is 4.44. The van der Waals surface area contributed by atoms with Gasteiger partial charge in [-0.05, 0) is 38.5 Å². The molecule has 1 spiro atoms. The first-order valence-electron chi connectivity index (χ1n) is 6.09. The van der Waals surface area contributed by atoms with Gasteiger partial charge in [-0.3, -0.25) is 4.79 Å². The number of halogens is 1. The molecule has 0 aromatic rings. The molecule has 5 heteroatoms. The molecule has 0 bridgehead atoms. The summed E-state index contributed by atoms with van der Waals surface area (Å²) in [6.07, 6.45) is 3.28. The Balaban J connectivity index is 0.00000144. The molecule has 2 rings (SSSR count). The van der Waals surface area contributed by atoms with Gasteiger partial charge in [-0.1, -0.05) is 0 Å². The Hall–Kier alpha value is -0.320. The van der Waals surface area contributed by atoms with Gasteiger partial charge < -0.3 is 15.4 Å². The van der Waals surface area contributed by atoms with Gasteiger partial charge >= 0.3 is 0 Å². The summed E-state index contributed by atoms with van der Waals surface area (Å²) in [7, 11) is 0. The van der Waals surface area contributed by atoms with Crippen molar-refractivity contribution in [2.24, 2.45) is 11.1 Å². The van der Waals surface area contributed by atoms with Crippen molar-refractivity contribution in [2.75, 3.05) is 26.3 Å². The molecule has 4 nitrogen and oxygen atoms in total. The van der Waals surface area contributed by atoms with Gasteiger partial charge in [0.2, 0.25) is 5.91 Å².